The fourth-order valence-electron chi connectivity index (χ4n) is 2.21. The Balaban J connectivity index is 1.45. The highest BCUT2D eigenvalue weighted by atomic mass is 32.2. The van der Waals surface area contributed by atoms with Crippen LogP contribution in [0.1, 0.15) is 18.9 Å². The standard InChI is InChI=1S/C19H20N4O2S/c1-2-11-25-15-9-7-14(8-10-15)12-20-23-18(24)13-26-19-21-16-5-3-4-6-17(16)22-19/h3-10,12H,2,11,13H2,1H3,(H,21,22)(H,23,24)/b20-12+. The first kappa shape index (κ1) is 18.0. The third-order valence-electron chi connectivity index (χ3n) is 3.46. The number of thioether (sulfide) groups is 1. The van der Waals surface area contributed by atoms with E-state index < -0.39 is 0 Å². The maximum atomic E-state index is 11.9. The summed E-state index contributed by atoms with van der Waals surface area (Å²) in [4.78, 5) is 19.5. The van der Waals surface area contributed by atoms with Crippen LogP contribution in [0.5, 0.6) is 5.75 Å². The van der Waals surface area contributed by atoms with E-state index in [1.807, 2.05) is 48.5 Å². The van der Waals surface area contributed by atoms with Crippen LogP contribution in [-0.2, 0) is 4.79 Å². The normalized spacial score (nSPS) is 11.1. The lowest BCUT2D eigenvalue weighted by atomic mass is 10.2. The molecule has 0 atom stereocenters. The first-order valence-corrected chi connectivity index (χ1v) is 9.35. The lowest BCUT2D eigenvalue weighted by Crippen LogP contribution is -2.19. The summed E-state index contributed by atoms with van der Waals surface area (Å²) >= 11 is 1.34. The van der Waals surface area contributed by atoms with E-state index in [4.69, 9.17) is 4.74 Å². The molecule has 1 amide bonds. The van der Waals surface area contributed by atoms with E-state index in [9.17, 15) is 4.79 Å². The quantitative estimate of drug-likeness (QED) is 0.362. The van der Waals surface area contributed by atoms with Crippen molar-refractivity contribution in [3.05, 3.63) is 54.1 Å². The molecule has 0 saturated carbocycles. The molecule has 1 aromatic heterocycles. The van der Waals surface area contributed by atoms with Gasteiger partial charge in [0.1, 0.15) is 5.75 Å². The molecule has 0 bridgehead atoms. The molecule has 134 valence electrons. The summed E-state index contributed by atoms with van der Waals surface area (Å²) in [5.74, 6) is 0.880. The Kier molecular flexibility index (Phi) is 6.27. The molecule has 0 unspecified atom stereocenters. The Morgan fingerprint density at radius 2 is 2.08 bits per heavy atom. The molecule has 3 aromatic rings. The average molecular weight is 368 g/mol. The number of para-hydroxylation sites is 2. The fraction of sp³-hybridized carbons (Fsp3) is 0.211. The van der Waals surface area contributed by atoms with E-state index in [0.717, 1.165) is 28.8 Å². The number of nitrogens with one attached hydrogen (secondary N) is 2. The van der Waals surface area contributed by atoms with Gasteiger partial charge in [0, 0.05) is 0 Å². The number of benzene rings is 2. The molecule has 0 fully saturated rings. The largest absolute Gasteiger partial charge is 0.494 e. The number of aromatic nitrogens is 2. The number of hydrazone groups is 1. The molecule has 2 N–H and O–H groups in total. The van der Waals surface area contributed by atoms with Crippen LogP contribution in [0, 0.1) is 0 Å². The van der Waals surface area contributed by atoms with Crippen LogP contribution in [0.3, 0.4) is 0 Å². The van der Waals surface area contributed by atoms with Crippen molar-refractivity contribution in [1.29, 1.82) is 0 Å². The number of rotatable bonds is 8. The molecule has 26 heavy (non-hydrogen) atoms. The molecular weight excluding hydrogens is 348 g/mol. The van der Waals surface area contributed by atoms with Crippen LogP contribution in [0.4, 0.5) is 0 Å². The van der Waals surface area contributed by atoms with E-state index in [1.54, 1.807) is 6.21 Å². The van der Waals surface area contributed by atoms with Gasteiger partial charge in [-0.05, 0) is 48.4 Å². The van der Waals surface area contributed by atoms with E-state index in [1.165, 1.54) is 11.8 Å². The van der Waals surface area contributed by atoms with Gasteiger partial charge in [0.2, 0.25) is 0 Å². The molecule has 0 aliphatic carbocycles. The Labute approximate surface area is 156 Å². The van der Waals surface area contributed by atoms with Crippen LogP contribution in [0.15, 0.2) is 58.8 Å². The predicted octanol–water partition coefficient (Wildman–Crippen LogP) is 3.59. The number of ether oxygens (including phenoxy) is 1. The Morgan fingerprint density at radius 1 is 1.27 bits per heavy atom. The summed E-state index contributed by atoms with van der Waals surface area (Å²) in [5.41, 5.74) is 5.26. The zero-order valence-electron chi connectivity index (χ0n) is 14.4. The van der Waals surface area contributed by atoms with Crippen molar-refractivity contribution < 1.29 is 9.53 Å². The van der Waals surface area contributed by atoms with Crippen molar-refractivity contribution in [3.63, 3.8) is 0 Å². The van der Waals surface area contributed by atoms with E-state index in [-0.39, 0.29) is 11.7 Å². The molecule has 0 spiro atoms. The summed E-state index contributed by atoms with van der Waals surface area (Å²) in [6, 6.07) is 15.3. The number of hydrogen-bond acceptors (Lipinski definition) is 5. The molecule has 0 saturated heterocycles. The number of aromatic amines is 1. The van der Waals surface area contributed by atoms with Gasteiger partial charge >= 0.3 is 0 Å². The monoisotopic (exact) mass is 368 g/mol. The number of H-pyrrole nitrogens is 1. The maximum Gasteiger partial charge on any atom is 0.250 e. The number of hydrogen-bond donors (Lipinski definition) is 2. The molecule has 6 nitrogen and oxygen atoms in total. The number of carbonyl (C=O) groups excluding carboxylic acids is 1. The smallest absolute Gasteiger partial charge is 0.250 e. The minimum Gasteiger partial charge on any atom is -0.494 e. The summed E-state index contributed by atoms with van der Waals surface area (Å²) in [5, 5.41) is 4.69. The first-order valence-electron chi connectivity index (χ1n) is 8.37. The van der Waals surface area contributed by atoms with Gasteiger partial charge in [0.05, 0.1) is 29.6 Å². The molecule has 0 radical (unpaired) electrons. The number of amides is 1. The molecule has 3 rings (SSSR count). The van der Waals surface area contributed by atoms with E-state index in [2.05, 4.69) is 27.4 Å². The number of imidazole rings is 1. The van der Waals surface area contributed by atoms with Crippen LogP contribution in [-0.4, -0.2) is 34.4 Å². The molecule has 0 aliphatic heterocycles. The molecular formula is C19H20N4O2S. The van der Waals surface area contributed by atoms with Crippen molar-refractivity contribution in [2.45, 2.75) is 18.5 Å². The average Bonchev–Trinajstić information content (AvgIpc) is 3.09. The first-order chi connectivity index (χ1) is 12.7. The molecule has 0 aliphatic rings. The van der Waals surface area contributed by atoms with Gasteiger partial charge in [-0.15, -0.1) is 0 Å². The second-order valence-corrected chi connectivity index (χ2v) is 6.52. The highest BCUT2D eigenvalue weighted by Crippen LogP contribution is 2.18. The van der Waals surface area contributed by atoms with Gasteiger partial charge in [-0.3, -0.25) is 4.79 Å². The third-order valence-corrected chi connectivity index (χ3v) is 4.34. The van der Waals surface area contributed by atoms with E-state index in [0.29, 0.717) is 11.8 Å². The second-order valence-electron chi connectivity index (χ2n) is 5.56. The Hall–Kier alpha value is -2.80. The van der Waals surface area contributed by atoms with Gasteiger partial charge < -0.3 is 9.72 Å². The van der Waals surface area contributed by atoms with Gasteiger partial charge in [0.25, 0.3) is 5.91 Å². The zero-order valence-corrected chi connectivity index (χ0v) is 15.3. The molecule has 2 aromatic carbocycles. The fourth-order valence-corrected chi connectivity index (χ4v) is 2.89. The Morgan fingerprint density at radius 3 is 2.85 bits per heavy atom. The van der Waals surface area contributed by atoms with Gasteiger partial charge in [-0.25, -0.2) is 10.4 Å². The van der Waals surface area contributed by atoms with Crippen LogP contribution in [0.25, 0.3) is 11.0 Å². The SMILES string of the molecule is CCCOc1ccc(/C=N/NC(=O)CSc2nc3ccccc3[nH]2)cc1. The number of carbonyl (C=O) groups is 1. The lowest BCUT2D eigenvalue weighted by Gasteiger charge is -2.03. The van der Waals surface area contributed by atoms with Gasteiger partial charge in [-0.1, -0.05) is 30.8 Å². The Bertz CT molecular complexity index is 857. The number of fused-ring (bicyclic) bond motifs is 1. The maximum absolute atomic E-state index is 11.9. The second kappa shape index (κ2) is 9.05. The lowest BCUT2D eigenvalue weighted by molar-refractivity contribution is -0.118. The van der Waals surface area contributed by atoms with Crippen molar-refractivity contribution in [2.75, 3.05) is 12.4 Å². The zero-order chi connectivity index (χ0) is 18.2. The minimum absolute atomic E-state index is 0.186. The summed E-state index contributed by atoms with van der Waals surface area (Å²) in [6.07, 6.45) is 2.58. The van der Waals surface area contributed by atoms with Crippen molar-refractivity contribution in [1.82, 2.24) is 15.4 Å². The van der Waals surface area contributed by atoms with Gasteiger partial charge in [-0.2, -0.15) is 5.10 Å². The highest BCUT2D eigenvalue weighted by molar-refractivity contribution is 7.99. The summed E-state index contributed by atoms with van der Waals surface area (Å²) < 4.78 is 5.52. The summed E-state index contributed by atoms with van der Waals surface area (Å²) in [6.45, 7) is 2.77. The third kappa shape index (κ3) is 5.10. The van der Waals surface area contributed by atoms with Crippen molar-refractivity contribution in [3.8, 4) is 5.75 Å². The van der Waals surface area contributed by atoms with Crippen LogP contribution >= 0.6 is 11.8 Å². The van der Waals surface area contributed by atoms with Gasteiger partial charge in [0.15, 0.2) is 5.16 Å². The summed E-state index contributed by atoms with van der Waals surface area (Å²) in [7, 11) is 0. The topological polar surface area (TPSA) is 79.4 Å². The molecule has 7 heteroatoms. The van der Waals surface area contributed by atoms with Crippen molar-refractivity contribution in [2.24, 2.45) is 5.10 Å². The number of nitrogens with zero attached hydrogens (tertiary/aromatic N) is 2. The van der Waals surface area contributed by atoms with Crippen LogP contribution < -0.4 is 10.2 Å². The molecule has 1 heterocycles. The predicted molar refractivity (Wildman–Crippen MR) is 105 cm³/mol. The highest BCUT2D eigenvalue weighted by Gasteiger charge is 2.06. The van der Waals surface area contributed by atoms with Crippen LogP contribution in [0.2, 0.25) is 0 Å². The van der Waals surface area contributed by atoms with Crippen molar-refractivity contribution >= 4 is 34.9 Å². The van der Waals surface area contributed by atoms with E-state index >= 15 is 0 Å². The minimum atomic E-state index is -0.186.